The zero-order valence-corrected chi connectivity index (χ0v) is 13.0. The standard InChI is InChI=1S/C13H17ClN2O4S/c14-21(18,19)11-6-12(16(7-11)10-2-1-3-10)13(17)15-9-4-5-20-8-9/h6-7,9-10H,1-5,8H2,(H,15,17). The average molecular weight is 333 g/mol. The first-order valence-electron chi connectivity index (χ1n) is 7.00. The van der Waals surface area contributed by atoms with E-state index in [1.54, 1.807) is 4.57 Å². The van der Waals surface area contributed by atoms with Crippen LogP contribution in [0.25, 0.3) is 0 Å². The first-order valence-corrected chi connectivity index (χ1v) is 9.31. The Balaban J connectivity index is 1.87. The van der Waals surface area contributed by atoms with Crippen LogP contribution in [0.15, 0.2) is 17.2 Å². The Hall–Kier alpha value is -1.05. The zero-order chi connectivity index (χ0) is 15.0. The molecule has 1 unspecified atom stereocenters. The van der Waals surface area contributed by atoms with Crippen molar-refractivity contribution in [3.8, 4) is 0 Å². The number of carbonyl (C=O) groups is 1. The highest BCUT2D eigenvalue weighted by molar-refractivity contribution is 8.13. The molecule has 1 aromatic heterocycles. The van der Waals surface area contributed by atoms with Crippen LogP contribution in [0.2, 0.25) is 0 Å². The van der Waals surface area contributed by atoms with E-state index in [1.807, 2.05) is 0 Å². The van der Waals surface area contributed by atoms with Crippen molar-refractivity contribution in [2.75, 3.05) is 13.2 Å². The maximum absolute atomic E-state index is 12.4. The average Bonchev–Trinajstić information content (AvgIpc) is 2.94. The molecule has 6 nitrogen and oxygen atoms in total. The number of rotatable bonds is 4. The minimum atomic E-state index is -3.84. The van der Waals surface area contributed by atoms with E-state index in [0.717, 1.165) is 25.7 Å². The molecular weight excluding hydrogens is 316 g/mol. The van der Waals surface area contributed by atoms with Crippen molar-refractivity contribution in [1.29, 1.82) is 0 Å². The van der Waals surface area contributed by atoms with E-state index < -0.39 is 9.05 Å². The van der Waals surface area contributed by atoms with Gasteiger partial charge >= 0.3 is 0 Å². The zero-order valence-electron chi connectivity index (χ0n) is 11.4. The van der Waals surface area contributed by atoms with E-state index in [1.165, 1.54) is 12.3 Å². The molecule has 0 radical (unpaired) electrons. The molecule has 0 aromatic carbocycles. The van der Waals surface area contributed by atoms with Crippen molar-refractivity contribution in [3.63, 3.8) is 0 Å². The van der Waals surface area contributed by atoms with Gasteiger partial charge in [0.15, 0.2) is 0 Å². The fourth-order valence-corrected chi connectivity index (χ4v) is 3.39. The van der Waals surface area contributed by atoms with Crippen molar-refractivity contribution >= 4 is 25.6 Å². The topological polar surface area (TPSA) is 77.4 Å². The number of carbonyl (C=O) groups excluding carboxylic acids is 1. The molecule has 1 saturated carbocycles. The Morgan fingerprint density at radius 3 is 2.67 bits per heavy atom. The smallest absolute Gasteiger partial charge is 0.268 e. The summed E-state index contributed by atoms with van der Waals surface area (Å²) in [5.74, 6) is -0.274. The van der Waals surface area contributed by atoms with Crippen LogP contribution in [0.3, 0.4) is 0 Å². The summed E-state index contributed by atoms with van der Waals surface area (Å²) in [5, 5.41) is 2.88. The lowest BCUT2D eigenvalue weighted by Gasteiger charge is -2.29. The molecule has 1 aliphatic carbocycles. The van der Waals surface area contributed by atoms with Gasteiger partial charge < -0.3 is 14.6 Å². The van der Waals surface area contributed by atoms with E-state index in [2.05, 4.69) is 5.32 Å². The van der Waals surface area contributed by atoms with Crippen LogP contribution in [0, 0.1) is 0 Å². The van der Waals surface area contributed by atoms with Gasteiger partial charge in [0.2, 0.25) is 0 Å². The van der Waals surface area contributed by atoms with E-state index in [0.29, 0.717) is 18.9 Å². The first kappa shape index (κ1) is 14.9. The summed E-state index contributed by atoms with van der Waals surface area (Å²) in [6.45, 7) is 1.13. The molecule has 21 heavy (non-hydrogen) atoms. The number of nitrogens with one attached hydrogen (secondary N) is 1. The van der Waals surface area contributed by atoms with Gasteiger partial charge in [-0.05, 0) is 31.7 Å². The summed E-state index contributed by atoms with van der Waals surface area (Å²) in [5.41, 5.74) is 0.353. The van der Waals surface area contributed by atoms with Crippen molar-refractivity contribution in [1.82, 2.24) is 9.88 Å². The third kappa shape index (κ3) is 3.09. The lowest BCUT2D eigenvalue weighted by atomic mass is 9.93. The Bertz CT molecular complexity index is 645. The van der Waals surface area contributed by atoms with E-state index in [-0.39, 0.29) is 22.9 Å². The normalized spacial score (nSPS) is 23.0. The van der Waals surface area contributed by atoms with Gasteiger partial charge in [-0.1, -0.05) is 0 Å². The van der Waals surface area contributed by atoms with Crippen molar-refractivity contribution in [2.45, 2.75) is 42.7 Å². The second-order valence-electron chi connectivity index (χ2n) is 5.52. The van der Waals surface area contributed by atoms with Crippen molar-refractivity contribution in [3.05, 3.63) is 18.0 Å². The number of hydrogen-bond donors (Lipinski definition) is 1. The summed E-state index contributed by atoms with van der Waals surface area (Å²) < 4.78 is 30.0. The van der Waals surface area contributed by atoms with Gasteiger partial charge in [0.25, 0.3) is 15.0 Å². The second-order valence-corrected chi connectivity index (χ2v) is 8.09. The highest BCUT2D eigenvalue weighted by Crippen LogP contribution is 2.34. The number of hydrogen-bond acceptors (Lipinski definition) is 4. The molecule has 8 heteroatoms. The number of aromatic nitrogens is 1. The summed E-state index contributed by atoms with van der Waals surface area (Å²) >= 11 is 0. The highest BCUT2D eigenvalue weighted by atomic mass is 35.7. The predicted octanol–water partition coefficient (Wildman–Crippen LogP) is 1.66. The Morgan fingerprint density at radius 2 is 2.14 bits per heavy atom. The van der Waals surface area contributed by atoms with Gasteiger partial charge in [0.05, 0.1) is 12.6 Å². The van der Waals surface area contributed by atoms with Crippen LogP contribution < -0.4 is 5.32 Å². The Labute approximate surface area is 127 Å². The minimum absolute atomic E-state index is 0.0155. The largest absolute Gasteiger partial charge is 0.379 e. The highest BCUT2D eigenvalue weighted by Gasteiger charge is 2.28. The summed E-state index contributed by atoms with van der Waals surface area (Å²) in [7, 11) is 1.56. The molecule has 1 atom stereocenters. The second kappa shape index (κ2) is 5.62. The van der Waals surface area contributed by atoms with Crippen LogP contribution in [0.5, 0.6) is 0 Å². The molecule has 0 spiro atoms. The molecule has 2 heterocycles. The molecule has 116 valence electrons. The molecule has 3 rings (SSSR count). The van der Waals surface area contributed by atoms with E-state index >= 15 is 0 Å². The SMILES string of the molecule is O=C(NC1CCOC1)c1cc(S(=O)(=O)Cl)cn1C1CCC1. The van der Waals surface area contributed by atoms with Gasteiger partial charge in [0.1, 0.15) is 10.6 Å². The lowest BCUT2D eigenvalue weighted by molar-refractivity contribution is 0.0914. The van der Waals surface area contributed by atoms with Crippen LogP contribution in [-0.2, 0) is 13.8 Å². The Kier molecular flexibility index (Phi) is 3.98. The van der Waals surface area contributed by atoms with Gasteiger partial charge in [-0.25, -0.2) is 8.42 Å². The number of nitrogens with zero attached hydrogens (tertiary/aromatic N) is 1. The monoisotopic (exact) mass is 332 g/mol. The van der Waals surface area contributed by atoms with Crippen LogP contribution in [0.1, 0.15) is 42.2 Å². The van der Waals surface area contributed by atoms with Crippen molar-refractivity contribution in [2.24, 2.45) is 0 Å². The molecule has 1 aromatic rings. The maximum Gasteiger partial charge on any atom is 0.268 e. The third-order valence-electron chi connectivity index (χ3n) is 4.07. The summed E-state index contributed by atoms with van der Waals surface area (Å²) in [4.78, 5) is 12.4. The molecule has 1 saturated heterocycles. The van der Waals surface area contributed by atoms with Crippen LogP contribution in [-0.4, -0.2) is 38.1 Å². The predicted molar refractivity (Wildman–Crippen MR) is 77.0 cm³/mol. The number of ether oxygens (including phenoxy) is 1. The van der Waals surface area contributed by atoms with Gasteiger partial charge in [-0.2, -0.15) is 0 Å². The maximum atomic E-state index is 12.4. The minimum Gasteiger partial charge on any atom is -0.379 e. The van der Waals surface area contributed by atoms with Gasteiger partial charge in [-0.3, -0.25) is 4.79 Å². The summed E-state index contributed by atoms with van der Waals surface area (Å²) in [6.07, 6.45) is 5.22. The van der Waals surface area contributed by atoms with Crippen LogP contribution >= 0.6 is 10.7 Å². The van der Waals surface area contributed by atoms with Gasteiger partial charge in [0, 0.05) is 29.5 Å². The molecule has 1 aliphatic heterocycles. The summed E-state index contributed by atoms with van der Waals surface area (Å²) in [6, 6.07) is 1.52. The fourth-order valence-electron chi connectivity index (χ4n) is 2.64. The Morgan fingerprint density at radius 1 is 1.38 bits per heavy atom. The molecule has 1 amide bonds. The third-order valence-corrected chi connectivity index (χ3v) is 5.39. The fraction of sp³-hybridized carbons (Fsp3) is 0.615. The molecule has 0 bridgehead atoms. The molecule has 1 N–H and O–H groups in total. The number of amides is 1. The van der Waals surface area contributed by atoms with Crippen LogP contribution in [0.4, 0.5) is 0 Å². The quantitative estimate of drug-likeness (QED) is 0.851. The molecular formula is C13H17ClN2O4S. The number of halogens is 1. The molecule has 2 fully saturated rings. The first-order chi connectivity index (χ1) is 9.95. The lowest BCUT2D eigenvalue weighted by Crippen LogP contribution is -2.36. The molecule has 2 aliphatic rings. The van der Waals surface area contributed by atoms with Gasteiger partial charge in [-0.15, -0.1) is 0 Å². The van der Waals surface area contributed by atoms with Crippen molar-refractivity contribution < 1.29 is 17.9 Å². The van der Waals surface area contributed by atoms with E-state index in [9.17, 15) is 13.2 Å². The van der Waals surface area contributed by atoms with E-state index in [4.69, 9.17) is 15.4 Å².